The number of urea groups is 1. The maximum Gasteiger partial charge on any atom is 0.328 e. The highest BCUT2D eigenvalue weighted by Gasteiger charge is 2.30. The second-order valence-corrected chi connectivity index (χ2v) is 29.6. The molecule has 51 heteroatoms. The Bertz CT molecular complexity index is 6150. The number of aryl methyl sites for hydroxylation is 6. The van der Waals surface area contributed by atoms with E-state index in [1.165, 1.54) is 72.7 Å². The molecule has 13 amide bonds. The van der Waals surface area contributed by atoms with Crippen LogP contribution in [0.4, 0.5) is 10.5 Å². The van der Waals surface area contributed by atoms with Gasteiger partial charge < -0.3 is 73.2 Å². The number of amides is 13. The minimum absolute atomic E-state index is 0.00814. The number of aromatic nitrogens is 12. The third kappa shape index (κ3) is 29.8. The standard InChI is InChI=1S/C77H100N26O25/c1-43-27-97(72(123)87-65(43)116)33-54(105)51(15-17-81-55(106)34-95(61(112)40-100-30-46(4)68(119)90-75(100)126)23-20-82-56(107)35-94(22-18-80-49(7)104)60(111)39-99-29-45(3)67(118)89-74(99)125)86-71(122)84-26-50-12-8-9-14-53(50)103(63(114)42-102-32-48(6)70(121)92-77(102)128)37-57(108)83-19-21-93(59(110)38-98-28-44(2)66(117)88-73(98)124)24-25-96(36-58(109)85-52(64(79)115)13-10-11-16-78)62(113)41-101-31-47(5)69(120)91-76(101)127/h8-9,12,14,27-32,51-52H,10-11,13,15-26,33-42,78H2,1-7H3,(H2,79,115)(H,80,104)(H,81,106)(H,82,107)(H,83,108)(H,85,109)(H2,84,86,122)(H,87,116,123)(H,88,117,124)(H,89,118,125)(H,90,119,126)(H,91,120,127)(H,92,121,128). The van der Waals surface area contributed by atoms with E-state index >= 15 is 0 Å². The fraction of sp³-hybridized carbons (Fsp3) is 0.442. The van der Waals surface area contributed by atoms with E-state index in [1.54, 1.807) is 0 Å². The normalized spacial score (nSPS) is 11.4. The van der Waals surface area contributed by atoms with Crippen LogP contribution in [-0.4, -0.2) is 257 Å². The van der Waals surface area contributed by atoms with Crippen molar-refractivity contribution in [3.05, 3.63) is 225 Å². The molecular weight excluding hydrogens is 1690 g/mol. The number of hydrogen-bond donors (Lipinski definition) is 15. The molecule has 6 aromatic heterocycles. The summed E-state index contributed by atoms with van der Waals surface area (Å²) in [5.74, 6) is -10.6. The van der Waals surface area contributed by atoms with Crippen LogP contribution in [0.5, 0.6) is 0 Å². The average molecular weight is 1790 g/mol. The SMILES string of the molecule is CC(=O)NCCN(CC(=O)NCCN(CC(=O)NCCC(NC(=O)NCc1ccccc1N(CC(=O)NCCN(CCN(CC(=O)NC(CCCCN)C(N)=O)C(=O)Cn1cc(C)c(=O)[nH]c1=O)C(=O)Cn1cc(C)c(=O)[nH]c1=O)C(=O)Cn1cc(C)c(=O)[nH]c1=O)C(=O)Cn1cc(C)c(=O)[nH]c1=O)C(=O)Cn1cc(C)c(=O)[nH]c1=O)C(=O)Cn1cc(C)c(=O)[nH]c1=O. The number of Topliss-reactive ketones (excluding diaryl/α,β-unsaturated/α-hetero) is 1. The molecule has 17 N–H and O–H groups in total. The Balaban J connectivity index is 1.12. The van der Waals surface area contributed by atoms with E-state index in [4.69, 9.17) is 11.5 Å². The zero-order valence-electron chi connectivity index (χ0n) is 70.9. The number of nitrogens with zero attached hydrogens (tertiary/aromatic N) is 11. The molecule has 0 spiro atoms. The van der Waals surface area contributed by atoms with E-state index in [9.17, 15) is 120 Å². The summed E-state index contributed by atoms with van der Waals surface area (Å²) in [5.41, 5.74) is 0.628. The number of nitrogens with two attached hydrogens (primary N) is 2. The number of unbranched alkanes of at least 4 members (excludes halogenated alkanes) is 1. The molecular formula is C77H100N26O25. The summed E-state index contributed by atoms with van der Waals surface area (Å²) in [6, 6.07) is 1.58. The number of carbonyl (C=O) groups is 13. The molecule has 1 aromatic carbocycles. The van der Waals surface area contributed by atoms with Crippen LogP contribution < -0.4 is 121 Å². The molecule has 51 nitrogen and oxygen atoms in total. The van der Waals surface area contributed by atoms with Crippen molar-refractivity contribution in [2.45, 2.75) is 132 Å². The van der Waals surface area contributed by atoms with Gasteiger partial charge in [-0.25, -0.2) is 33.6 Å². The number of ketones is 1. The number of nitrogens with one attached hydrogen (secondary N) is 13. The van der Waals surface area contributed by atoms with Crippen molar-refractivity contribution in [3.63, 3.8) is 0 Å². The summed E-state index contributed by atoms with van der Waals surface area (Å²) in [4.78, 5) is 348. The smallest absolute Gasteiger partial charge is 0.328 e. The van der Waals surface area contributed by atoms with Gasteiger partial charge in [0.2, 0.25) is 65.0 Å². The van der Waals surface area contributed by atoms with Crippen molar-refractivity contribution < 1.29 is 62.3 Å². The zero-order chi connectivity index (χ0) is 94.5. The van der Waals surface area contributed by atoms with Gasteiger partial charge in [-0.3, -0.25) is 144 Å². The molecule has 128 heavy (non-hydrogen) atoms. The van der Waals surface area contributed by atoms with Crippen molar-refractivity contribution in [2.75, 3.05) is 96.5 Å². The fourth-order valence-corrected chi connectivity index (χ4v) is 12.5. The van der Waals surface area contributed by atoms with Crippen molar-refractivity contribution in [3.8, 4) is 0 Å². The Morgan fingerprint density at radius 3 is 1.10 bits per heavy atom. The lowest BCUT2D eigenvalue weighted by atomic mass is 10.1. The molecule has 0 aliphatic rings. The van der Waals surface area contributed by atoms with Gasteiger partial charge >= 0.3 is 40.2 Å². The van der Waals surface area contributed by atoms with E-state index in [1.807, 2.05) is 0 Å². The summed E-state index contributed by atoms with van der Waals surface area (Å²) >= 11 is 0. The third-order valence-electron chi connectivity index (χ3n) is 19.6. The van der Waals surface area contributed by atoms with E-state index in [-0.39, 0.29) is 70.7 Å². The molecule has 7 aromatic rings. The van der Waals surface area contributed by atoms with Gasteiger partial charge in [0.25, 0.3) is 33.4 Å². The number of rotatable bonds is 46. The van der Waals surface area contributed by atoms with Crippen LogP contribution in [0.25, 0.3) is 0 Å². The zero-order valence-corrected chi connectivity index (χ0v) is 70.9. The van der Waals surface area contributed by atoms with Crippen molar-refractivity contribution in [1.82, 2.24) is 114 Å². The number of primary amides is 1. The molecule has 2 unspecified atom stereocenters. The summed E-state index contributed by atoms with van der Waals surface area (Å²) < 4.78 is 5.08. The minimum Gasteiger partial charge on any atom is -0.368 e. The first-order chi connectivity index (χ1) is 60.5. The summed E-state index contributed by atoms with van der Waals surface area (Å²) in [6.07, 6.45) is 6.89. The molecule has 0 saturated carbocycles. The van der Waals surface area contributed by atoms with Crippen LogP contribution in [0.2, 0.25) is 0 Å². The van der Waals surface area contributed by atoms with Crippen LogP contribution in [0.3, 0.4) is 0 Å². The van der Waals surface area contributed by atoms with E-state index < -0.39 is 281 Å². The maximum absolute atomic E-state index is 14.8. The number of hydrogen-bond acceptors (Lipinski definition) is 26. The van der Waals surface area contributed by atoms with Gasteiger partial charge in [-0.2, -0.15) is 0 Å². The number of para-hydroxylation sites is 1. The number of H-pyrrole nitrogens is 6. The Hall–Kier alpha value is -15.6. The van der Waals surface area contributed by atoms with E-state index in [0.29, 0.717) is 12.8 Å². The van der Waals surface area contributed by atoms with Crippen LogP contribution >= 0.6 is 0 Å². The average Bonchev–Trinajstić information content (AvgIpc) is 0.819. The predicted octanol–water partition coefficient (Wildman–Crippen LogP) is -10.8. The molecule has 0 aliphatic heterocycles. The van der Waals surface area contributed by atoms with Crippen LogP contribution in [-0.2, 0) is 103 Å². The Labute approximate surface area is 721 Å². The van der Waals surface area contributed by atoms with Crippen LogP contribution in [0.1, 0.15) is 71.6 Å². The lowest BCUT2D eigenvalue weighted by Crippen LogP contribution is -2.52. The summed E-state index contributed by atoms with van der Waals surface area (Å²) in [7, 11) is 0. The molecule has 0 bridgehead atoms. The summed E-state index contributed by atoms with van der Waals surface area (Å²) in [6.45, 7) is -2.87. The molecule has 0 aliphatic carbocycles. The lowest BCUT2D eigenvalue weighted by molar-refractivity contribution is -0.139. The number of anilines is 1. The van der Waals surface area contributed by atoms with E-state index in [2.05, 4.69) is 67.1 Å². The Kier molecular flexibility index (Phi) is 36.3. The van der Waals surface area contributed by atoms with Crippen molar-refractivity contribution in [2.24, 2.45) is 11.5 Å². The predicted molar refractivity (Wildman–Crippen MR) is 452 cm³/mol. The second-order valence-electron chi connectivity index (χ2n) is 29.6. The molecule has 0 radical (unpaired) electrons. The highest BCUT2D eigenvalue weighted by atomic mass is 16.2. The van der Waals surface area contributed by atoms with Gasteiger partial charge in [0.15, 0.2) is 5.78 Å². The summed E-state index contributed by atoms with van der Waals surface area (Å²) in [5, 5.41) is 17.6. The van der Waals surface area contributed by atoms with E-state index in [0.717, 1.165) is 89.1 Å². The first-order valence-electron chi connectivity index (χ1n) is 39.7. The van der Waals surface area contributed by atoms with Gasteiger partial charge in [0.1, 0.15) is 45.3 Å². The highest BCUT2D eigenvalue weighted by Crippen LogP contribution is 2.22. The van der Waals surface area contributed by atoms with Gasteiger partial charge in [-0.1, -0.05) is 18.2 Å². The van der Waals surface area contributed by atoms with Crippen molar-refractivity contribution in [1.29, 1.82) is 0 Å². The number of aromatic amines is 6. The maximum atomic E-state index is 14.8. The molecule has 7 rings (SSSR count). The Morgan fingerprint density at radius 2 is 0.703 bits per heavy atom. The lowest BCUT2D eigenvalue weighted by Gasteiger charge is -2.29. The van der Waals surface area contributed by atoms with Gasteiger partial charge in [-0.15, -0.1) is 0 Å². The quantitative estimate of drug-likeness (QED) is 0.0158. The van der Waals surface area contributed by atoms with Crippen molar-refractivity contribution >= 4 is 82.5 Å². The molecule has 688 valence electrons. The molecule has 0 fully saturated rings. The minimum atomic E-state index is -1.65. The topological polar surface area (TPSA) is 704 Å². The largest absolute Gasteiger partial charge is 0.368 e. The first-order valence-corrected chi connectivity index (χ1v) is 39.7. The molecule has 2 atom stereocenters. The third-order valence-corrected chi connectivity index (χ3v) is 19.6. The van der Waals surface area contributed by atoms with Gasteiger partial charge in [-0.05, 0) is 85.4 Å². The molecule has 6 heterocycles. The molecule has 0 saturated heterocycles. The number of carbonyl (C=O) groups excluding carboxylic acids is 13. The number of benzene rings is 1. The first kappa shape index (κ1) is 99.5. The van der Waals surface area contributed by atoms with Gasteiger partial charge in [0.05, 0.1) is 32.2 Å². The second kappa shape index (κ2) is 46.7. The Morgan fingerprint density at radius 1 is 0.367 bits per heavy atom. The monoisotopic (exact) mass is 1790 g/mol. The van der Waals surface area contributed by atoms with Crippen LogP contribution in [0, 0.1) is 41.5 Å². The van der Waals surface area contributed by atoms with Gasteiger partial charge in [0, 0.05) is 149 Å². The fourth-order valence-electron chi connectivity index (χ4n) is 12.5. The van der Waals surface area contributed by atoms with Crippen LogP contribution in [0.15, 0.2) is 119 Å². The highest BCUT2D eigenvalue weighted by molar-refractivity contribution is 5.99.